The van der Waals surface area contributed by atoms with Crippen LogP contribution in [0.2, 0.25) is 0 Å². The van der Waals surface area contributed by atoms with Gasteiger partial charge in [0.15, 0.2) is 17.0 Å². The number of hydrogen-bond acceptors (Lipinski definition) is 5. The maximum atomic E-state index is 9.62. The number of nitrogens with zero attached hydrogens (tertiary/aromatic N) is 3. The van der Waals surface area contributed by atoms with Gasteiger partial charge >= 0.3 is 0 Å². The van der Waals surface area contributed by atoms with E-state index < -0.39 is 0 Å². The van der Waals surface area contributed by atoms with Gasteiger partial charge in [-0.15, -0.1) is 0 Å². The highest BCUT2D eigenvalue weighted by atomic mass is 16.3. The van der Waals surface area contributed by atoms with Gasteiger partial charge < -0.3 is 15.4 Å². The molecule has 6 nitrogen and oxygen atoms in total. The second-order valence-electron chi connectivity index (χ2n) is 6.49. The predicted octanol–water partition coefficient (Wildman–Crippen LogP) is 2.54. The van der Waals surface area contributed by atoms with E-state index >= 15 is 0 Å². The van der Waals surface area contributed by atoms with Crippen LogP contribution in [-0.2, 0) is 0 Å². The summed E-state index contributed by atoms with van der Waals surface area (Å²) >= 11 is 0. The third kappa shape index (κ3) is 2.67. The lowest BCUT2D eigenvalue weighted by molar-refractivity contribution is 0.213. The molecule has 2 heterocycles. The number of anilines is 1. The van der Waals surface area contributed by atoms with Crippen LogP contribution >= 0.6 is 0 Å². The minimum absolute atomic E-state index is 0.225. The van der Waals surface area contributed by atoms with Gasteiger partial charge in [-0.05, 0) is 32.1 Å². The Hall–Kier alpha value is -1.69. The summed E-state index contributed by atoms with van der Waals surface area (Å²) in [6.45, 7) is 0. The van der Waals surface area contributed by atoms with E-state index in [1.54, 1.807) is 6.33 Å². The summed E-state index contributed by atoms with van der Waals surface area (Å²) < 4.78 is 0. The number of fused-ring (bicyclic) bond motifs is 1. The Kier molecular flexibility index (Phi) is 3.70. The molecular weight excluding hydrogens is 278 g/mol. The number of aromatic nitrogens is 4. The van der Waals surface area contributed by atoms with Crippen LogP contribution in [0.15, 0.2) is 6.33 Å². The second kappa shape index (κ2) is 5.83. The molecule has 1 radical (unpaired) electrons. The largest absolute Gasteiger partial charge is 0.393 e. The number of aliphatic hydroxyl groups is 1. The van der Waals surface area contributed by atoms with E-state index in [1.807, 2.05) is 6.42 Å². The second-order valence-corrected chi connectivity index (χ2v) is 6.49. The van der Waals surface area contributed by atoms with Crippen LogP contribution in [0.3, 0.4) is 0 Å². The molecule has 22 heavy (non-hydrogen) atoms. The molecule has 0 aliphatic heterocycles. The normalized spacial score (nSPS) is 26.6. The van der Waals surface area contributed by atoms with Crippen LogP contribution < -0.4 is 5.32 Å². The number of imidazole rings is 1. The number of hydrogen-bond donors (Lipinski definition) is 3. The summed E-state index contributed by atoms with van der Waals surface area (Å²) in [4.78, 5) is 16.8. The minimum atomic E-state index is -0.313. The first-order chi connectivity index (χ1) is 10.8. The highest BCUT2D eigenvalue weighted by molar-refractivity contribution is 5.82. The van der Waals surface area contributed by atoms with Crippen molar-refractivity contribution in [1.29, 1.82) is 0 Å². The monoisotopic (exact) mass is 300 g/mol. The fourth-order valence-electron chi connectivity index (χ4n) is 3.64. The Bertz CT molecular complexity index is 649. The molecule has 0 spiro atoms. The van der Waals surface area contributed by atoms with Crippen molar-refractivity contribution in [3.8, 4) is 0 Å². The summed E-state index contributed by atoms with van der Waals surface area (Å²) in [7, 11) is 0. The maximum absolute atomic E-state index is 9.62. The van der Waals surface area contributed by atoms with Crippen LogP contribution in [0.25, 0.3) is 11.2 Å². The molecule has 4 rings (SSSR count). The highest BCUT2D eigenvalue weighted by Crippen LogP contribution is 2.33. The molecule has 2 aromatic heterocycles. The first-order valence-corrected chi connectivity index (χ1v) is 8.28. The van der Waals surface area contributed by atoms with E-state index in [0.29, 0.717) is 5.92 Å². The van der Waals surface area contributed by atoms with Crippen molar-refractivity contribution in [2.24, 2.45) is 0 Å². The number of H-pyrrole nitrogens is 1. The van der Waals surface area contributed by atoms with E-state index in [4.69, 9.17) is 4.98 Å². The van der Waals surface area contributed by atoms with Crippen LogP contribution in [-0.4, -0.2) is 37.2 Å². The van der Waals surface area contributed by atoms with Crippen molar-refractivity contribution >= 4 is 17.0 Å². The van der Waals surface area contributed by atoms with Crippen LogP contribution in [0, 0.1) is 6.42 Å². The number of aliphatic hydroxyl groups excluding tert-OH is 1. The Balaban J connectivity index is 1.60. The molecule has 0 bridgehead atoms. The molecule has 0 amide bonds. The van der Waals surface area contributed by atoms with Crippen molar-refractivity contribution in [2.45, 2.75) is 63.0 Å². The standard InChI is InChI=1S/C16H22N5O/c22-12-7-6-11(8-12)19-15-13-16(18-9-17-15)21-14(20-13)10-4-2-1-3-5-10/h7,9-12,22H,1-6,8H2,(H2,17,18,19,20,21)/t11-,12+/m1/s1. The summed E-state index contributed by atoms with van der Waals surface area (Å²) in [6, 6.07) is 0.225. The van der Waals surface area contributed by atoms with Crippen LogP contribution in [0.5, 0.6) is 0 Å². The fourth-order valence-corrected chi connectivity index (χ4v) is 3.64. The summed E-state index contributed by atoms with van der Waals surface area (Å²) in [6.07, 6.45) is 11.1. The van der Waals surface area contributed by atoms with Gasteiger partial charge in [-0.3, -0.25) is 0 Å². The van der Waals surface area contributed by atoms with Crippen LogP contribution in [0.1, 0.15) is 56.7 Å². The lowest BCUT2D eigenvalue weighted by Crippen LogP contribution is -2.17. The molecule has 6 heteroatoms. The molecule has 2 saturated carbocycles. The zero-order valence-electron chi connectivity index (χ0n) is 12.6. The molecule has 2 aliphatic carbocycles. The minimum Gasteiger partial charge on any atom is -0.393 e. The number of aromatic amines is 1. The first-order valence-electron chi connectivity index (χ1n) is 8.28. The highest BCUT2D eigenvalue weighted by Gasteiger charge is 2.25. The molecule has 2 aromatic rings. The van der Waals surface area contributed by atoms with Crippen LogP contribution in [0.4, 0.5) is 5.82 Å². The fraction of sp³-hybridized carbons (Fsp3) is 0.625. The smallest absolute Gasteiger partial charge is 0.163 e. The summed E-state index contributed by atoms with van der Waals surface area (Å²) in [5.41, 5.74) is 1.63. The van der Waals surface area contributed by atoms with E-state index in [1.165, 1.54) is 32.1 Å². The molecule has 3 N–H and O–H groups in total. The zero-order valence-corrected chi connectivity index (χ0v) is 12.6. The Morgan fingerprint density at radius 1 is 1.18 bits per heavy atom. The zero-order chi connectivity index (χ0) is 14.9. The van der Waals surface area contributed by atoms with Gasteiger partial charge in [0.25, 0.3) is 0 Å². The Morgan fingerprint density at radius 2 is 2.05 bits per heavy atom. The van der Waals surface area contributed by atoms with Gasteiger partial charge in [-0.2, -0.15) is 0 Å². The Morgan fingerprint density at radius 3 is 2.82 bits per heavy atom. The van der Waals surface area contributed by atoms with E-state index in [9.17, 15) is 5.11 Å². The lowest BCUT2D eigenvalue weighted by Gasteiger charge is -2.18. The van der Waals surface area contributed by atoms with E-state index in [2.05, 4.69) is 20.3 Å². The molecule has 0 aromatic carbocycles. The SMILES string of the molecule is O[C@H]1[CH]C[C@@H](Nc2ncnc3[nH]c(C4CCCCC4)nc23)C1. The lowest BCUT2D eigenvalue weighted by atomic mass is 9.89. The predicted molar refractivity (Wildman–Crippen MR) is 84.5 cm³/mol. The molecule has 0 saturated heterocycles. The van der Waals surface area contributed by atoms with Crippen molar-refractivity contribution in [3.63, 3.8) is 0 Å². The van der Waals surface area contributed by atoms with E-state index in [-0.39, 0.29) is 12.1 Å². The van der Waals surface area contributed by atoms with Gasteiger partial charge in [-0.25, -0.2) is 15.0 Å². The number of nitrogens with one attached hydrogen (secondary N) is 2. The Labute approximate surface area is 129 Å². The van der Waals surface area contributed by atoms with Gasteiger partial charge in [-0.1, -0.05) is 19.3 Å². The number of rotatable bonds is 3. The molecular formula is C16H22N5O. The van der Waals surface area contributed by atoms with Crippen molar-refractivity contribution in [2.75, 3.05) is 5.32 Å². The van der Waals surface area contributed by atoms with Gasteiger partial charge in [0, 0.05) is 12.0 Å². The third-order valence-electron chi connectivity index (χ3n) is 4.85. The molecule has 0 unspecified atom stereocenters. The van der Waals surface area contributed by atoms with Gasteiger partial charge in [0.2, 0.25) is 0 Å². The topological polar surface area (TPSA) is 86.7 Å². The van der Waals surface area contributed by atoms with Crippen molar-refractivity contribution in [3.05, 3.63) is 18.6 Å². The molecule has 117 valence electrons. The third-order valence-corrected chi connectivity index (χ3v) is 4.85. The average molecular weight is 300 g/mol. The quantitative estimate of drug-likeness (QED) is 0.811. The van der Waals surface area contributed by atoms with Gasteiger partial charge in [0.1, 0.15) is 12.2 Å². The molecule has 2 fully saturated rings. The summed E-state index contributed by atoms with van der Waals surface area (Å²) in [5, 5.41) is 13.0. The van der Waals surface area contributed by atoms with E-state index in [0.717, 1.165) is 35.6 Å². The average Bonchev–Trinajstić information content (AvgIpc) is 3.15. The van der Waals surface area contributed by atoms with Gasteiger partial charge in [0.05, 0.1) is 6.10 Å². The maximum Gasteiger partial charge on any atom is 0.163 e. The molecule has 2 aliphatic rings. The summed E-state index contributed by atoms with van der Waals surface area (Å²) in [5.74, 6) is 2.35. The van der Waals surface area contributed by atoms with Crippen molar-refractivity contribution < 1.29 is 5.11 Å². The van der Waals surface area contributed by atoms with Crippen molar-refractivity contribution in [1.82, 2.24) is 19.9 Å². The molecule has 2 atom stereocenters. The first kappa shape index (κ1) is 13.9.